The molecule has 0 aliphatic carbocycles. The molecular weight excluding hydrogens is 454 g/mol. The SMILES string of the molecule is Cc1c(C)c(N(c2ccccc2)c2cccc3ccccc23)c(C)c(C)c1-c1cnc2nccnc2n1. The minimum absolute atomic E-state index is 0.554. The summed E-state index contributed by atoms with van der Waals surface area (Å²) in [6.45, 7) is 8.76. The highest BCUT2D eigenvalue weighted by molar-refractivity contribution is 6.00. The predicted molar refractivity (Wildman–Crippen MR) is 152 cm³/mol. The van der Waals surface area contributed by atoms with Crippen LogP contribution in [-0.2, 0) is 0 Å². The van der Waals surface area contributed by atoms with Crippen molar-refractivity contribution in [2.45, 2.75) is 27.7 Å². The van der Waals surface area contributed by atoms with Gasteiger partial charge in [-0.1, -0.05) is 54.6 Å². The van der Waals surface area contributed by atoms with Crippen molar-refractivity contribution in [3.63, 3.8) is 0 Å². The quantitative estimate of drug-likeness (QED) is 0.256. The molecule has 0 saturated carbocycles. The van der Waals surface area contributed by atoms with Crippen LogP contribution in [-0.4, -0.2) is 19.9 Å². The Hall–Kier alpha value is -4.64. The number of nitrogens with zero attached hydrogens (tertiary/aromatic N) is 5. The summed E-state index contributed by atoms with van der Waals surface area (Å²) in [5.74, 6) is 0. The number of benzene rings is 4. The molecule has 180 valence electrons. The smallest absolute Gasteiger partial charge is 0.198 e. The lowest BCUT2D eigenvalue weighted by molar-refractivity contribution is 1.13. The Morgan fingerprint density at radius 3 is 2.00 bits per heavy atom. The second kappa shape index (κ2) is 9.10. The maximum Gasteiger partial charge on any atom is 0.198 e. The number of anilines is 3. The van der Waals surface area contributed by atoms with Gasteiger partial charge in [0.15, 0.2) is 11.3 Å². The lowest BCUT2D eigenvalue weighted by atomic mass is 9.89. The summed E-state index contributed by atoms with van der Waals surface area (Å²) in [5.41, 5.74) is 11.3. The van der Waals surface area contributed by atoms with Crippen LogP contribution in [0.4, 0.5) is 17.1 Å². The van der Waals surface area contributed by atoms with Crippen molar-refractivity contribution < 1.29 is 0 Å². The lowest BCUT2D eigenvalue weighted by Gasteiger charge is -2.32. The predicted octanol–water partition coefficient (Wildman–Crippen LogP) is 7.94. The minimum Gasteiger partial charge on any atom is -0.309 e. The van der Waals surface area contributed by atoms with E-state index in [2.05, 4.69) is 120 Å². The van der Waals surface area contributed by atoms with Gasteiger partial charge < -0.3 is 4.90 Å². The zero-order valence-corrected chi connectivity index (χ0v) is 21.4. The Bertz CT molecular complexity index is 1740. The average Bonchev–Trinajstić information content (AvgIpc) is 2.94. The van der Waals surface area contributed by atoms with Gasteiger partial charge in [-0.2, -0.15) is 0 Å². The minimum atomic E-state index is 0.554. The Morgan fingerprint density at radius 2 is 1.24 bits per heavy atom. The van der Waals surface area contributed by atoms with Crippen LogP contribution in [0.25, 0.3) is 33.3 Å². The molecule has 0 amide bonds. The van der Waals surface area contributed by atoms with E-state index in [1.165, 1.54) is 38.7 Å². The molecule has 0 atom stereocenters. The van der Waals surface area contributed by atoms with Gasteiger partial charge in [-0.25, -0.2) is 19.9 Å². The first-order chi connectivity index (χ1) is 18.0. The van der Waals surface area contributed by atoms with Crippen molar-refractivity contribution >= 4 is 39.1 Å². The van der Waals surface area contributed by atoms with Crippen LogP contribution in [0.15, 0.2) is 91.4 Å². The van der Waals surface area contributed by atoms with Crippen LogP contribution in [0.2, 0.25) is 0 Å². The summed E-state index contributed by atoms with van der Waals surface area (Å²) in [7, 11) is 0. The summed E-state index contributed by atoms with van der Waals surface area (Å²) < 4.78 is 0. The van der Waals surface area contributed by atoms with Crippen molar-refractivity contribution in [3.8, 4) is 11.3 Å². The Balaban J connectivity index is 1.63. The van der Waals surface area contributed by atoms with Gasteiger partial charge in [0.05, 0.1) is 23.3 Å². The summed E-state index contributed by atoms with van der Waals surface area (Å²) in [6.07, 6.45) is 5.11. The highest BCUT2D eigenvalue weighted by Crippen LogP contribution is 2.45. The van der Waals surface area contributed by atoms with Crippen LogP contribution in [0.5, 0.6) is 0 Å². The molecule has 2 heterocycles. The van der Waals surface area contributed by atoms with E-state index in [-0.39, 0.29) is 0 Å². The molecule has 0 saturated heterocycles. The van der Waals surface area contributed by atoms with Crippen molar-refractivity contribution in [2.24, 2.45) is 0 Å². The lowest BCUT2D eigenvalue weighted by Crippen LogP contribution is -2.15. The van der Waals surface area contributed by atoms with Crippen LogP contribution in [0.3, 0.4) is 0 Å². The van der Waals surface area contributed by atoms with E-state index in [1.54, 1.807) is 12.4 Å². The topological polar surface area (TPSA) is 54.8 Å². The number of rotatable bonds is 4. The van der Waals surface area contributed by atoms with Gasteiger partial charge in [0.25, 0.3) is 0 Å². The first-order valence-electron chi connectivity index (χ1n) is 12.4. The van der Waals surface area contributed by atoms with Gasteiger partial charge in [0, 0.05) is 29.0 Å². The maximum atomic E-state index is 4.83. The van der Waals surface area contributed by atoms with E-state index in [9.17, 15) is 0 Å². The Labute approximate surface area is 216 Å². The number of aromatic nitrogens is 4. The number of hydrogen-bond donors (Lipinski definition) is 0. The van der Waals surface area contributed by atoms with E-state index in [0.717, 1.165) is 22.6 Å². The molecule has 4 aromatic carbocycles. The standard InChI is InChI=1S/C32H27N5/c1-20-22(3)30(23(4)21(2)29(20)27-19-35-31-32(36-27)34-18-17-33-31)37(25-13-6-5-7-14-25)28-16-10-12-24-11-8-9-15-26(24)28/h5-19H,1-4H3. The molecule has 0 aliphatic rings. The third-order valence-corrected chi connectivity index (χ3v) is 7.28. The molecule has 5 heteroatoms. The Morgan fingerprint density at radius 1 is 0.595 bits per heavy atom. The van der Waals surface area contributed by atoms with Crippen molar-refractivity contribution in [1.29, 1.82) is 0 Å². The van der Waals surface area contributed by atoms with E-state index in [1.807, 2.05) is 6.20 Å². The molecule has 0 unspecified atom stereocenters. The van der Waals surface area contributed by atoms with Gasteiger partial charge in [0.2, 0.25) is 0 Å². The van der Waals surface area contributed by atoms with Crippen molar-refractivity contribution in [2.75, 3.05) is 4.90 Å². The zero-order chi connectivity index (χ0) is 25.5. The molecular formula is C32H27N5. The number of fused-ring (bicyclic) bond motifs is 2. The molecule has 5 nitrogen and oxygen atoms in total. The van der Waals surface area contributed by atoms with Gasteiger partial charge in [0.1, 0.15) is 0 Å². The maximum absolute atomic E-state index is 4.83. The van der Waals surface area contributed by atoms with Crippen LogP contribution in [0.1, 0.15) is 22.3 Å². The molecule has 0 radical (unpaired) electrons. The van der Waals surface area contributed by atoms with Gasteiger partial charge in [-0.15, -0.1) is 0 Å². The monoisotopic (exact) mass is 481 g/mol. The van der Waals surface area contributed by atoms with Gasteiger partial charge in [-0.3, -0.25) is 0 Å². The third kappa shape index (κ3) is 3.80. The molecule has 6 rings (SSSR count). The normalized spacial score (nSPS) is 11.2. The van der Waals surface area contributed by atoms with Crippen LogP contribution < -0.4 is 4.90 Å². The highest BCUT2D eigenvalue weighted by atomic mass is 15.1. The first-order valence-corrected chi connectivity index (χ1v) is 12.4. The fourth-order valence-corrected chi connectivity index (χ4v) is 5.26. The molecule has 37 heavy (non-hydrogen) atoms. The molecule has 0 N–H and O–H groups in total. The molecule has 0 fully saturated rings. The average molecular weight is 482 g/mol. The largest absolute Gasteiger partial charge is 0.309 e. The highest BCUT2D eigenvalue weighted by Gasteiger charge is 2.24. The van der Waals surface area contributed by atoms with Gasteiger partial charge in [-0.05, 0) is 73.5 Å². The van der Waals surface area contributed by atoms with Crippen LogP contribution in [0, 0.1) is 27.7 Å². The van der Waals surface area contributed by atoms with E-state index < -0.39 is 0 Å². The number of hydrogen-bond acceptors (Lipinski definition) is 5. The third-order valence-electron chi connectivity index (χ3n) is 7.28. The van der Waals surface area contributed by atoms with E-state index in [4.69, 9.17) is 4.98 Å². The molecule has 0 spiro atoms. The molecule has 0 bridgehead atoms. The fraction of sp³-hybridized carbons (Fsp3) is 0.125. The van der Waals surface area contributed by atoms with Gasteiger partial charge >= 0.3 is 0 Å². The molecule has 6 aromatic rings. The van der Waals surface area contributed by atoms with Crippen molar-refractivity contribution in [1.82, 2.24) is 19.9 Å². The van der Waals surface area contributed by atoms with Crippen LogP contribution >= 0.6 is 0 Å². The Kier molecular flexibility index (Phi) is 5.61. The first kappa shape index (κ1) is 22.8. The summed E-state index contributed by atoms with van der Waals surface area (Å²) in [5, 5.41) is 2.43. The molecule has 2 aromatic heterocycles. The summed E-state index contributed by atoms with van der Waals surface area (Å²) in [6, 6.07) is 25.7. The second-order valence-corrected chi connectivity index (χ2v) is 9.35. The summed E-state index contributed by atoms with van der Waals surface area (Å²) in [4.78, 5) is 20.4. The van der Waals surface area contributed by atoms with E-state index in [0.29, 0.717) is 11.3 Å². The summed E-state index contributed by atoms with van der Waals surface area (Å²) >= 11 is 0. The second-order valence-electron chi connectivity index (χ2n) is 9.35. The number of para-hydroxylation sites is 1. The fourth-order valence-electron chi connectivity index (χ4n) is 5.26. The van der Waals surface area contributed by atoms with Crippen molar-refractivity contribution in [3.05, 3.63) is 114 Å². The van der Waals surface area contributed by atoms with E-state index >= 15 is 0 Å². The molecule has 0 aliphatic heterocycles. The zero-order valence-electron chi connectivity index (χ0n) is 21.4.